The molecule has 5 nitrogen and oxygen atoms in total. The highest BCUT2D eigenvalue weighted by Crippen LogP contribution is 2.52. The van der Waals surface area contributed by atoms with E-state index in [4.69, 9.17) is 9.47 Å². The quantitative estimate of drug-likeness (QED) is 0.327. The molecule has 3 aliphatic rings. The number of nitrogens with zero attached hydrogens (tertiary/aromatic N) is 1. The lowest BCUT2D eigenvalue weighted by Gasteiger charge is -2.17. The highest BCUT2D eigenvalue weighted by molar-refractivity contribution is 6.06. The molecule has 0 N–H and O–H groups in total. The first kappa shape index (κ1) is 18.6. The third-order valence-corrected chi connectivity index (χ3v) is 6.11. The predicted octanol–water partition coefficient (Wildman–Crippen LogP) is 2.65. The fraction of sp³-hybridized carbons (Fsp3) is 0.800. The molecule has 2 fully saturated rings. The standard InChI is InChI=1S/C20H31NO4/c1-3-14(4-2)13-25-11-10-24-9-5-8-21-19(22)17-15-6-7-16(12-15)18(17)20(21)23/h6-7,14-18H,3-5,8-13H2,1-2H3. The first-order valence-corrected chi connectivity index (χ1v) is 9.86. The first-order chi connectivity index (χ1) is 12.2. The van der Waals surface area contributed by atoms with Crippen LogP contribution in [0.15, 0.2) is 12.2 Å². The smallest absolute Gasteiger partial charge is 0.233 e. The summed E-state index contributed by atoms with van der Waals surface area (Å²) in [6, 6.07) is 0. The Bertz CT molecular complexity index is 484. The van der Waals surface area contributed by atoms with E-state index in [1.54, 1.807) is 0 Å². The summed E-state index contributed by atoms with van der Waals surface area (Å²) in [7, 11) is 0. The summed E-state index contributed by atoms with van der Waals surface area (Å²) in [6.45, 7) is 7.39. The fourth-order valence-corrected chi connectivity index (χ4v) is 4.50. The van der Waals surface area contributed by atoms with Crippen LogP contribution in [0.5, 0.6) is 0 Å². The van der Waals surface area contributed by atoms with Crippen molar-refractivity contribution in [3.63, 3.8) is 0 Å². The number of imide groups is 1. The molecular weight excluding hydrogens is 318 g/mol. The van der Waals surface area contributed by atoms with Crippen molar-refractivity contribution in [2.75, 3.05) is 33.0 Å². The molecule has 3 rings (SSSR count). The number of carbonyl (C=O) groups excluding carboxylic acids is 2. The molecule has 2 amide bonds. The molecule has 1 saturated heterocycles. The normalized spacial score (nSPS) is 30.1. The molecular formula is C20H31NO4. The summed E-state index contributed by atoms with van der Waals surface area (Å²) in [5, 5.41) is 0. The lowest BCUT2D eigenvalue weighted by Crippen LogP contribution is -2.34. The van der Waals surface area contributed by atoms with Gasteiger partial charge in [-0.25, -0.2) is 0 Å². The maximum Gasteiger partial charge on any atom is 0.233 e. The number of ether oxygens (including phenoxy) is 2. The van der Waals surface area contributed by atoms with Crippen LogP contribution >= 0.6 is 0 Å². The van der Waals surface area contributed by atoms with Gasteiger partial charge in [-0.3, -0.25) is 14.5 Å². The van der Waals surface area contributed by atoms with Crippen molar-refractivity contribution < 1.29 is 19.1 Å². The Balaban J connectivity index is 1.29. The number of allylic oxidation sites excluding steroid dienone is 2. The molecule has 4 atom stereocenters. The number of amides is 2. The summed E-state index contributed by atoms with van der Waals surface area (Å²) < 4.78 is 11.2. The number of hydrogen-bond donors (Lipinski definition) is 0. The van der Waals surface area contributed by atoms with E-state index in [0.29, 0.717) is 50.5 Å². The second-order valence-corrected chi connectivity index (χ2v) is 7.55. The fourth-order valence-electron chi connectivity index (χ4n) is 4.50. The van der Waals surface area contributed by atoms with Crippen molar-refractivity contribution >= 4 is 11.8 Å². The number of likely N-dealkylation sites (tertiary alicyclic amines) is 1. The Hall–Kier alpha value is -1.20. The van der Waals surface area contributed by atoms with Crippen LogP contribution in [-0.4, -0.2) is 49.7 Å². The second-order valence-electron chi connectivity index (χ2n) is 7.55. The largest absolute Gasteiger partial charge is 0.379 e. The van der Waals surface area contributed by atoms with E-state index in [2.05, 4.69) is 26.0 Å². The Morgan fingerprint density at radius 3 is 2.20 bits per heavy atom. The van der Waals surface area contributed by atoms with E-state index in [0.717, 1.165) is 25.9 Å². The molecule has 2 aliphatic carbocycles. The third-order valence-electron chi connectivity index (χ3n) is 6.11. The first-order valence-electron chi connectivity index (χ1n) is 9.86. The van der Waals surface area contributed by atoms with Crippen LogP contribution in [0.4, 0.5) is 0 Å². The van der Waals surface area contributed by atoms with Crippen LogP contribution < -0.4 is 0 Å². The van der Waals surface area contributed by atoms with Gasteiger partial charge >= 0.3 is 0 Å². The maximum absolute atomic E-state index is 12.5. The Labute approximate surface area is 150 Å². The van der Waals surface area contributed by atoms with E-state index in [-0.39, 0.29) is 23.7 Å². The van der Waals surface area contributed by atoms with E-state index in [1.807, 2.05) is 0 Å². The topological polar surface area (TPSA) is 55.8 Å². The summed E-state index contributed by atoms with van der Waals surface area (Å²) in [4.78, 5) is 26.5. The van der Waals surface area contributed by atoms with Gasteiger partial charge in [0.05, 0.1) is 25.0 Å². The predicted molar refractivity (Wildman–Crippen MR) is 94.8 cm³/mol. The molecule has 0 aromatic heterocycles. The van der Waals surface area contributed by atoms with Crippen LogP contribution in [0.3, 0.4) is 0 Å². The third kappa shape index (κ3) is 3.82. The number of fused-ring (bicyclic) bond motifs is 5. The molecule has 1 heterocycles. The van der Waals surface area contributed by atoms with Crippen LogP contribution in [0.1, 0.15) is 39.5 Å². The SMILES string of the molecule is CCC(CC)COCCOCCCN1C(=O)C2C3C=CC(C3)C2C1=O. The average molecular weight is 349 g/mol. The summed E-state index contributed by atoms with van der Waals surface area (Å²) >= 11 is 0. The van der Waals surface area contributed by atoms with Gasteiger partial charge in [0.2, 0.25) is 11.8 Å². The lowest BCUT2D eigenvalue weighted by molar-refractivity contribution is -0.140. The molecule has 1 saturated carbocycles. The molecule has 5 heteroatoms. The van der Waals surface area contributed by atoms with Gasteiger partial charge in [-0.1, -0.05) is 38.8 Å². The Morgan fingerprint density at radius 1 is 1.00 bits per heavy atom. The van der Waals surface area contributed by atoms with Gasteiger partial charge in [0.1, 0.15) is 0 Å². The molecule has 0 radical (unpaired) electrons. The second kappa shape index (κ2) is 8.45. The summed E-state index contributed by atoms with van der Waals surface area (Å²) in [5.74, 6) is 1.14. The molecule has 0 aromatic rings. The minimum absolute atomic E-state index is 0.0420. The number of carbonyl (C=O) groups is 2. The summed E-state index contributed by atoms with van der Waals surface area (Å²) in [6.07, 6.45) is 8.24. The highest BCUT2D eigenvalue weighted by atomic mass is 16.5. The van der Waals surface area contributed by atoms with Crippen molar-refractivity contribution in [3.05, 3.63) is 12.2 Å². The van der Waals surface area contributed by atoms with Gasteiger partial charge in [0.15, 0.2) is 0 Å². The van der Waals surface area contributed by atoms with E-state index in [1.165, 1.54) is 4.90 Å². The number of hydrogen-bond acceptors (Lipinski definition) is 4. The van der Waals surface area contributed by atoms with Crippen molar-refractivity contribution in [2.24, 2.45) is 29.6 Å². The van der Waals surface area contributed by atoms with Crippen LogP contribution in [-0.2, 0) is 19.1 Å². The molecule has 2 bridgehead atoms. The van der Waals surface area contributed by atoms with Gasteiger partial charge in [-0.2, -0.15) is 0 Å². The minimum Gasteiger partial charge on any atom is -0.379 e. The lowest BCUT2D eigenvalue weighted by atomic mass is 9.85. The van der Waals surface area contributed by atoms with Gasteiger partial charge in [-0.15, -0.1) is 0 Å². The van der Waals surface area contributed by atoms with E-state index < -0.39 is 0 Å². The van der Waals surface area contributed by atoms with Crippen molar-refractivity contribution in [3.8, 4) is 0 Å². The Morgan fingerprint density at radius 2 is 1.60 bits per heavy atom. The Kier molecular flexibility index (Phi) is 6.29. The van der Waals surface area contributed by atoms with Gasteiger partial charge < -0.3 is 9.47 Å². The maximum atomic E-state index is 12.5. The highest BCUT2D eigenvalue weighted by Gasteiger charge is 2.58. The van der Waals surface area contributed by atoms with Crippen LogP contribution in [0.2, 0.25) is 0 Å². The van der Waals surface area contributed by atoms with Crippen LogP contribution in [0.25, 0.3) is 0 Å². The van der Waals surface area contributed by atoms with Gasteiger partial charge in [0, 0.05) is 19.8 Å². The molecule has 1 aliphatic heterocycles. The van der Waals surface area contributed by atoms with Gasteiger partial charge in [0.25, 0.3) is 0 Å². The average Bonchev–Trinajstić information content (AvgIpc) is 3.29. The number of rotatable bonds is 11. The van der Waals surface area contributed by atoms with E-state index >= 15 is 0 Å². The summed E-state index contributed by atoms with van der Waals surface area (Å²) in [5.41, 5.74) is 0. The zero-order valence-corrected chi connectivity index (χ0v) is 15.5. The van der Waals surface area contributed by atoms with Gasteiger partial charge in [-0.05, 0) is 30.6 Å². The van der Waals surface area contributed by atoms with Crippen molar-refractivity contribution in [1.82, 2.24) is 4.90 Å². The van der Waals surface area contributed by atoms with Crippen LogP contribution in [0, 0.1) is 29.6 Å². The zero-order chi connectivity index (χ0) is 17.8. The van der Waals surface area contributed by atoms with Crippen molar-refractivity contribution in [1.29, 1.82) is 0 Å². The molecule has 0 spiro atoms. The molecule has 4 unspecified atom stereocenters. The molecule has 0 aromatic carbocycles. The minimum atomic E-state index is -0.0816. The van der Waals surface area contributed by atoms with Crippen molar-refractivity contribution in [2.45, 2.75) is 39.5 Å². The molecule has 25 heavy (non-hydrogen) atoms. The molecule has 140 valence electrons. The van der Waals surface area contributed by atoms with E-state index in [9.17, 15) is 9.59 Å². The zero-order valence-electron chi connectivity index (χ0n) is 15.5. The monoisotopic (exact) mass is 349 g/mol.